The molecule has 0 fully saturated rings. The highest BCUT2D eigenvalue weighted by molar-refractivity contribution is 5.94. The summed E-state index contributed by atoms with van der Waals surface area (Å²) < 4.78 is 1.72. The largest absolute Gasteiger partial charge is 0.325 e. The number of benzene rings is 1. The van der Waals surface area contributed by atoms with Gasteiger partial charge < -0.3 is 11.1 Å². The summed E-state index contributed by atoms with van der Waals surface area (Å²) in [6, 6.07) is 8.74. The van der Waals surface area contributed by atoms with Gasteiger partial charge in [-0.15, -0.1) is 0 Å². The predicted octanol–water partition coefficient (Wildman–Crippen LogP) is 1.16. The third-order valence-electron chi connectivity index (χ3n) is 2.30. The predicted molar refractivity (Wildman–Crippen MR) is 65.8 cm³/mol. The number of rotatable bonds is 3. The molecule has 1 heterocycles. The van der Waals surface area contributed by atoms with E-state index in [2.05, 4.69) is 10.4 Å². The number of anilines is 1. The minimum absolute atomic E-state index is 0.206. The van der Waals surface area contributed by atoms with Crippen molar-refractivity contribution in [2.45, 2.75) is 13.0 Å². The maximum atomic E-state index is 11.5. The van der Waals surface area contributed by atoms with E-state index in [9.17, 15) is 4.79 Å². The Hall–Kier alpha value is -2.14. The number of nitrogens with two attached hydrogens (primary N) is 1. The molecule has 5 nitrogen and oxygen atoms in total. The highest BCUT2D eigenvalue weighted by atomic mass is 16.2. The Morgan fingerprint density at radius 3 is 2.94 bits per heavy atom. The van der Waals surface area contributed by atoms with Gasteiger partial charge in [-0.2, -0.15) is 5.10 Å². The monoisotopic (exact) mass is 230 g/mol. The molecule has 0 radical (unpaired) electrons. The summed E-state index contributed by atoms with van der Waals surface area (Å²) in [5.74, 6) is -0.206. The number of amides is 1. The van der Waals surface area contributed by atoms with Gasteiger partial charge in [0, 0.05) is 18.1 Å². The van der Waals surface area contributed by atoms with Crippen LogP contribution in [0.4, 0.5) is 5.69 Å². The van der Waals surface area contributed by atoms with E-state index in [4.69, 9.17) is 5.73 Å². The molecule has 0 spiro atoms. The van der Waals surface area contributed by atoms with Crippen molar-refractivity contribution in [3.63, 3.8) is 0 Å². The molecule has 0 aliphatic heterocycles. The van der Waals surface area contributed by atoms with Gasteiger partial charge in [0.25, 0.3) is 0 Å². The van der Waals surface area contributed by atoms with Crippen molar-refractivity contribution in [2.24, 2.45) is 5.73 Å². The van der Waals surface area contributed by atoms with Gasteiger partial charge in [-0.3, -0.25) is 4.79 Å². The quantitative estimate of drug-likeness (QED) is 0.831. The normalized spacial score (nSPS) is 12.1. The lowest BCUT2D eigenvalue weighted by Gasteiger charge is -2.09. The van der Waals surface area contributed by atoms with Crippen LogP contribution in [0, 0.1) is 0 Å². The molecule has 1 amide bonds. The summed E-state index contributed by atoms with van der Waals surface area (Å²) in [6.45, 7) is 1.65. The molecular weight excluding hydrogens is 216 g/mol. The average Bonchev–Trinajstić information content (AvgIpc) is 2.82. The zero-order valence-corrected chi connectivity index (χ0v) is 9.50. The van der Waals surface area contributed by atoms with Crippen LogP contribution in [0.2, 0.25) is 0 Å². The Bertz CT molecular complexity index is 505. The van der Waals surface area contributed by atoms with Crippen molar-refractivity contribution in [2.75, 3.05) is 5.32 Å². The summed E-state index contributed by atoms with van der Waals surface area (Å²) in [5, 5.41) is 6.86. The first-order chi connectivity index (χ1) is 8.16. The summed E-state index contributed by atoms with van der Waals surface area (Å²) in [6.07, 6.45) is 3.54. The van der Waals surface area contributed by atoms with Gasteiger partial charge in [0.1, 0.15) is 0 Å². The van der Waals surface area contributed by atoms with Crippen LogP contribution in [0.3, 0.4) is 0 Å². The Morgan fingerprint density at radius 2 is 2.29 bits per heavy atom. The van der Waals surface area contributed by atoms with E-state index in [1.807, 2.05) is 36.5 Å². The second-order valence-electron chi connectivity index (χ2n) is 3.78. The van der Waals surface area contributed by atoms with E-state index >= 15 is 0 Å². The Kier molecular flexibility index (Phi) is 3.20. The Balaban J connectivity index is 2.20. The molecule has 17 heavy (non-hydrogen) atoms. The lowest BCUT2D eigenvalue weighted by molar-refractivity contribution is -0.117. The minimum atomic E-state index is -0.525. The maximum Gasteiger partial charge on any atom is 0.240 e. The molecule has 1 aromatic heterocycles. The molecule has 0 bridgehead atoms. The molecule has 0 saturated heterocycles. The van der Waals surface area contributed by atoms with E-state index in [0.29, 0.717) is 5.69 Å². The molecule has 1 aromatic carbocycles. The van der Waals surface area contributed by atoms with Gasteiger partial charge in [0.2, 0.25) is 5.91 Å². The molecule has 2 rings (SSSR count). The Morgan fingerprint density at radius 1 is 1.47 bits per heavy atom. The van der Waals surface area contributed by atoms with Gasteiger partial charge in [-0.1, -0.05) is 6.07 Å². The first-order valence-electron chi connectivity index (χ1n) is 5.33. The van der Waals surface area contributed by atoms with E-state index in [1.165, 1.54) is 0 Å². The molecule has 3 N–H and O–H groups in total. The molecule has 1 atom stereocenters. The van der Waals surface area contributed by atoms with Crippen LogP contribution in [0.5, 0.6) is 0 Å². The molecule has 0 aliphatic rings. The van der Waals surface area contributed by atoms with Gasteiger partial charge in [-0.25, -0.2) is 4.68 Å². The molecule has 0 saturated carbocycles. The number of hydrogen-bond acceptors (Lipinski definition) is 3. The third-order valence-corrected chi connectivity index (χ3v) is 2.30. The lowest BCUT2D eigenvalue weighted by Crippen LogP contribution is -2.32. The highest BCUT2D eigenvalue weighted by Crippen LogP contribution is 2.13. The fourth-order valence-corrected chi connectivity index (χ4v) is 1.40. The maximum absolute atomic E-state index is 11.5. The molecule has 1 unspecified atom stereocenters. The van der Waals surface area contributed by atoms with E-state index in [-0.39, 0.29) is 5.91 Å². The van der Waals surface area contributed by atoms with Crippen molar-refractivity contribution in [1.82, 2.24) is 9.78 Å². The van der Waals surface area contributed by atoms with Gasteiger partial charge in [-0.05, 0) is 31.2 Å². The zero-order chi connectivity index (χ0) is 12.3. The van der Waals surface area contributed by atoms with Crippen molar-refractivity contribution in [3.8, 4) is 5.69 Å². The number of nitrogens with one attached hydrogen (secondary N) is 1. The van der Waals surface area contributed by atoms with Crippen molar-refractivity contribution in [3.05, 3.63) is 42.7 Å². The molecule has 0 aliphatic carbocycles. The molecule has 2 aromatic rings. The van der Waals surface area contributed by atoms with E-state index in [1.54, 1.807) is 17.8 Å². The molecular formula is C12H14N4O. The standard InChI is InChI=1S/C12H14N4O/c1-9(13)12(17)15-10-4-2-5-11(8-10)16-7-3-6-14-16/h2-9H,13H2,1H3,(H,15,17). The van der Waals surface area contributed by atoms with Gasteiger partial charge in [0.05, 0.1) is 11.7 Å². The summed E-state index contributed by atoms with van der Waals surface area (Å²) in [5.41, 5.74) is 7.08. The second kappa shape index (κ2) is 4.80. The minimum Gasteiger partial charge on any atom is -0.325 e. The fourth-order valence-electron chi connectivity index (χ4n) is 1.40. The average molecular weight is 230 g/mol. The summed E-state index contributed by atoms with van der Waals surface area (Å²) >= 11 is 0. The zero-order valence-electron chi connectivity index (χ0n) is 9.50. The van der Waals surface area contributed by atoms with Crippen LogP contribution >= 0.6 is 0 Å². The van der Waals surface area contributed by atoms with Crippen LogP contribution < -0.4 is 11.1 Å². The number of carbonyl (C=O) groups is 1. The fraction of sp³-hybridized carbons (Fsp3) is 0.167. The van der Waals surface area contributed by atoms with Crippen molar-refractivity contribution in [1.29, 1.82) is 0 Å². The first-order valence-corrected chi connectivity index (χ1v) is 5.33. The summed E-state index contributed by atoms with van der Waals surface area (Å²) in [7, 11) is 0. The number of carbonyl (C=O) groups excluding carboxylic acids is 1. The smallest absolute Gasteiger partial charge is 0.240 e. The molecule has 88 valence electrons. The Labute approximate surface area is 99.2 Å². The van der Waals surface area contributed by atoms with Crippen LogP contribution in [0.15, 0.2) is 42.7 Å². The van der Waals surface area contributed by atoms with Crippen LogP contribution in [0.1, 0.15) is 6.92 Å². The van der Waals surface area contributed by atoms with Crippen LogP contribution in [0.25, 0.3) is 5.69 Å². The van der Waals surface area contributed by atoms with Crippen LogP contribution in [-0.4, -0.2) is 21.7 Å². The summed E-state index contributed by atoms with van der Waals surface area (Å²) in [4.78, 5) is 11.5. The third kappa shape index (κ3) is 2.70. The van der Waals surface area contributed by atoms with Gasteiger partial charge >= 0.3 is 0 Å². The topological polar surface area (TPSA) is 72.9 Å². The second-order valence-corrected chi connectivity index (χ2v) is 3.78. The lowest BCUT2D eigenvalue weighted by atomic mass is 10.2. The number of aromatic nitrogens is 2. The molecule has 5 heteroatoms. The SMILES string of the molecule is CC(N)C(=O)Nc1cccc(-n2cccn2)c1. The van der Waals surface area contributed by atoms with E-state index in [0.717, 1.165) is 5.69 Å². The number of hydrogen-bond donors (Lipinski definition) is 2. The number of nitrogens with zero attached hydrogens (tertiary/aromatic N) is 2. The van der Waals surface area contributed by atoms with Crippen LogP contribution in [-0.2, 0) is 4.79 Å². The van der Waals surface area contributed by atoms with Crippen molar-refractivity contribution < 1.29 is 4.79 Å². The van der Waals surface area contributed by atoms with E-state index < -0.39 is 6.04 Å². The van der Waals surface area contributed by atoms with Crippen molar-refractivity contribution >= 4 is 11.6 Å². The van der Waals surface area contributed by atoms with Gasteiger partial charge in [0.15, 0.2) is 0 Å². The highest BCUT2D eigenvalue weighted by Gasteiger charge is 2.07. The first kappa shape index (κ1) is 11.3.